The lowest BCUT2D eigenvalue weighted by Gasteiger charge is -2.31. The fourth-order valence-electron chi connectivity index (χ4n) is 1.66. The largest absolute Gasteiger partial charge is 0.300 e. The van der Waals surface area contributed by atoms with Gasteiger partial charge in [0.05, 0.1) is 0 Å². The van der Waals surface area contributed by atoms with Crippen LogP contribution in [0.5, 0.6) is 0 Å². The third-order valence-electron chi connectivity index (χ3n) is 3.14. The average Bonchev–Trinajstić information content (AvgIpc) is 2.17. The van der Waals surface area contributed by atoms with Gasteiger partial charge in [-0.15, -0.1) is 0 Å². The standard InChI is InChI=1S/C13H29N/c1-6-8-10-14(11-9-7-2)13(5)12(3)4/h12-13H,6-11H2,1-5H3. The molecule has 1 unspecified atom stereocenters. The molecule has 0 spiro atoms. The Morgan fingerprint density at radius 3 is 1.57 bits per heavy atom. The van der Waals surface area contributed by atoms with Crippen LogP contribution in [-0.4, -0.2) is 24.0 Å². The summed E-state index contributed by atoms with van der Waals surface area (Å²) >= 11 is 0. The van der Waals surface area contributed by atoms with E-state index < -0.39 is 0 Å². The highest BCUT2D eigenvalue weighted by atomic mass is 15.1. The summed E-state index contributed by atoms with van der Waals surface area (Å²) < 4.78 is 0. The predicted octanol–water partition coefficient (Wildman–Crippen LogP) is 3.93. The van der Waals surface area contributed by atoms with Crippen LogP contribution < -0.4 is 0 Å². The summed E-state index contributed by atoms with van der Waals surface area (Å²) in [5.74, 6) is 0.781. The van der Waals surface area contributed by atoms with E-state index in [2.05, 4.69) is 39.5 Å². The highest BCUT2D eigenvalue weighted by Crippen LogP contribution is 2.12. The van der Waals surface area contributed by atoms with Crippen molar-refractivity contribution in [1.82, 2.24) is 4.90 Å². The minimum absolute atomic E-state index is 0.744. The molecule has 0 fully saturated rings. The topological polar surface area (TPSA) is 3.24 Å². The van der Waals surface area contributed by atoms with Crippen molar-refractivity contribution in [2.45, 2.75) is 66.3 Å². The molecule has 0 aromatic heterocycles. The summed E-state index contributed by atoms with van der Waals surface area (Å²) in [7, 11) is 0. The molecule has 1 nitrogen and oxygen atoms in total. The Kier molecular flexibility index (Phi) is 8.26. The third kappa shape index (κ3) is 5.64. The first-order valence-corrected chi connectivity index (χ1v) is 6.37. The van der Waals surface area contributed by atoms with Gasteiger partial charge in [-0.3, -0.25) is 0 Å². The molecule has 0 saturated heterocycles. The first-order valence-electron chi connectivity index (χ1n) is 6.37. The van der Waals surface area contributed by atoms with Gasteiger partial charge in [0.2, 0.25) is 0 Å². The summed E-state index contributed by atoms with van der Waals surface area (Å²) in [6.45, 7) is 14.2. The Bertz CT molecular complexity index is 112. The molecule has 0 N–H and O–H groups in total. The summed E-state index contributed by atoms with van der Waals surface area (Å²) in [6.07, 6.45) is 5.32. The summed E-state index contributed by atoms with van der Waals surface area (Å²) in [5.41, 5.74) is 0. The molecule has 0 aromatic rings. The minimum atomic E-state index is 0.744. The zero-order valence-electron chi connectivity index (χ0n) is 10.8. The minimum Gasteiger partial charge on any atom is -0.300 e. The molecule has 0 aromatic carbocycles. The van der Waals surface area contributed by atoms with Gasteiger partial charge in [-0.2, -0.15) is 0 Å². The van der Waals surface area contributed by atoms with Crippen molar-refractivity contribution < 1.29 is 0 Å². The predicted molar refractivity (Wildman–Crippen MR) is 65.7 cm³/mol. The van der Waals surface area contributed by atoms with E-state index in [0.29, 0.717) is 0 Å². The summed E-state index contributed by atoms with van der Waals surface area (Å²) in [5, 5.41) is 0. The molecule has 14 heavy (non-hydrogen) atoms. The average molecular weight is 199 g/mol. The number of rotatable bonds is 8. The fraction of sp³-hybridized carbons (Fsp3) is 1.00. The van der Waals surface area contributed by atoms with Crippen molar-refractivity contribution in [3.05, 3.63) is 0 Å². The van der Waals surface area contributed by atoms with Crippen molar-refractivity contribution in [3.63, 3.8) is 0 Å². The third-order valence-corrected chi connectivity index (χ3v) is 3.14. The molecule has 0 aliphatic carbocycles. The lowest BCUT2D eigenvalue weighted by Crippen LogP contribution is -2.38. The van der Waals surface area contributed by atoms with Crippen LogP contribution in [0.1, 0.15) is 60.3 Å². The number of nitrogens with zero attached hydrogens (tertiary/aromatic N) is 1. The Morgan fingerprint density at radius 1 is 0.857 bits per heavy atom. The molecule has 0 aliphatic rings. The molecule has 0 rings (SSSR count). The monoisotopic (exact) mass is 199 g/mol. The van der Waals surface area contributed by atoms with Gasteiger partial charge < -0.3 is 4.90 Å². The Balaban J connectivity index is 3.94. The second-order valence-corrected chi connectivity index (χ2v) is 4.73. The molecule has 0 saturated carbocycles. The van der Waals surface area contributed by atoms with Gasteiger partial charge in [0.25, 0.3) is 0 Å². The molecular formula is C13H29N. The van der Waals surface area contributed by atoms with Crippen LogP contribution in [0.3, 0.4) is 0 Å². The van der Waals surface area contributed by atoms with E-state index in [1.165, 1.54) is 38.8 Å². The molecule has 0 heterocycles. The fourth-order valence-corrected chi connectivity index (χ4v) is 1.66. The zero-order valence-corrected chi connectivity index (χ0v) is 10.8. The number of hydrogen-bond acceptors (Lipinski definition) is 1. The molecule has 1 heteroatoms. The van der Waals surface area contributed by atoms with Crippen LogP contribution in [0, 0.1) is 5.92 Å². The van der Waals surface area contributed by atoms with Gasteiger partial charge in [-0.05, 0) is 38.8 Å². The zero-order chi connectivity index (χ0) is 11.0. The van der Waals surface area contributed by atoms with Gasteiger partial charge in [0.1, 0.15) is 0 Å². The second kappa shape index (κ2) is 8.28. The molecular weight excluding hydrogens is 170 g/mol. The molecule has 0 bridgehead atoms. The molecule has 0 aliphatic heterocycles. The van der Waals surface area contributed by atoms with E-state index in [0.717, 1.165) is 12.0 Å². The highest BCUT2D eigenvalue weighted by molar-refractivity contribution is 4.70. The van der Waals surface area contributed by atoms with Crippen molar-refractivity contribution >= 4 is 0 Å². The van der Waals surface area contributed by atoms with E-state index in [4.69, 9.17) is 0 Å². The van der Waals surface area contributed by atoms with Crippen LogP contribution in [0.2, 0.25) is 0 Å². The van der Waals surface area contributed by atoms with Crippen LogP contribution >= 0.6 is 0 Å². The van der Waals surface area contributed by atoms with Crippen molar-refractivity contribution in [1.29, 1.82) is 0 Å². The van der Waals surface area contributed by atoms with E-state index in [-0.39, 0.29) is 0 Å². The molecule has 0 amide bonds. The van der Waals surface area contributed by atoms with Gasteiger partial charge in [0.15, 0.2) is 0 Å². The van der Waals surface area contributed by atoms with Crippen molar-refractivity contribution in [2.75, 3.05) is 13.1 Å². The smallest absolute Gasteiger partial charge is 0.00899 e. The lowest BCUT2D eigenvalue weighted by atomic mass is 10.0. The van der Waals surface area contributed by atoms with Gasteiger partial charge in [-0.25, -0.2) is 0 Å². The maximum atomic E-state index is 2.66. The van der Waals surface area contributed by atoms with Crippen molar-refractivity contribution in [2.24, 2.45) is 5.92 Å². The van der Waals surface area contributed by atoms with Gasteiger partial charge in [-0.1, -0.05) is 40.5 Å². The quantitative estimate of drug-likeness (QED) is 0.572. The Hall–Kier alpha value is -0.0400. The van der Waals surface area contributed by atoms with E-state index in [1.807, 2.05) is 0 Å². The molecule has 0 radical (unpaired) electrons. The van der Waals surface area contributed by atoms with Gasteiger partial charge in [0, 0.05) is 6.04 Å². The maximum absolute atomic E-state index is 2.66. The SMILES string of the molecule is CCCCN(CCCC)C(C)C(C)C. The van der Waals surface area contributed by atoms with E-state index >= 15 is 0 Å². The first-order chi connectivity index (χ1) is 6.63. The van der Waals surface area contributed by atoms with Crippen LogP contribution in [0.4, 0.5) is 0 Å². The number of hydrogen-bond donors (Lipinski definition) is 0. The van der Waals surface area contributed by atoms with Crippen LogP contribution in [-0.2, 0) is 0 Å². The van der Waals surface area contributed by atoms with E-state index in [9.17, 15) is 0 Å². The van der Waals surface area contributed by atoms with Crippen molar-refractivity contribution in [3.8, 4) is 0 Å². The Morgan fingerprint density at radius 2 is 1.29 bits per heavy atom. The second-order valence-electron chi connectivity index (χ2n) is 4.73. The molecule has 1 atom stereocenters. The normalized spacial score (nSPS) is 13.9. The summed E-state index contributed by atoms with van der Waals surface area (Å²) in [6, 6.07) is 0.744. The first kappa shape index (κ1) is 14.0. The van der Waals surface area contributed by atoms with Crippen LogP contribution in [0.25, 0.3) is 0 Å². The Labute approximate surface area is 90.9 Å². The molecule has 86 valence electrons. The number of unbranched alkanes of at least 4 members (excludes halogenated alkanes) is 2. The summed E-state index contributed by atoms with van der Waals surface area (Å²) in [4.78, 5) is 2.66. The van der Waals surface area contributed by atoms with Gasteiger partial charge >= 0.3 is 0 Å². The highest BCUT2D eigenvalue weighted by Gasteiger charge is 2.15. The lowest BCUT2D eigenvalue weighted by molar-refractivity contribution is 0.163. The van der Waals surface area contributed by atoms with E-state index in [1.54, 1.807) is 0 Å². The maximum Gasteiger partial charge on any atom is 0.00899 e. The van der Waals surface area contributed by atoms with Crippen LogP contribution in [0.15, 0.2) is 0 Å².